The van der Waals surface area contributed by atoms with Crippen LogP contribution in [0.4, 0.5) is 0 Å². The fourth-order valence-corrected chi connectivity index (χ4v) is 2.23. The number of halogens is 1. The predicted octanol–water partition coefficient (Wildman–Crippen LogP) is -3.69. The molecule has 1 aliphatic rings. The van der Waals surface area contributed by atoms with Crippen LogP contribution in [0.25, 0.3) is 0 Å². The Kier molecular flexibility index (Phi) is 6.50. The van der Waals surface area contributed by atoms with Crippen molar-refractivity contribution in [3.8, 4) is 0 Å². The van der Waals surface area contributed by atoms with Gasteiger partial charge in [0, 0.05) is 13.0 Å². The minimum absolute atomic E-state index is 0.390. The Morgan fingerprint density at radius 3 is 2.50 bits per heavy atom. The van der Waals surface area contributed by atoms with Crippen LogP contribution in [0.3, 0.4) is 0 Å². The largest absolute Gasteiger partial charge is 0.477 e. The smallest absolute Gasteiger partial charge is 0.364 e. The number of nitrogens with one attached hydrogen (secondary N) is 1. The molecule has 2 unspecified atom stereocenters. The Hall–Kier alpha value is -1.01. The third kappa shape index (κ3) is 4.04. The molecule has 0 aliphatic carbocycles. The lowest BCUT2D eigenvalue weighted by Crippen LogP contribution is -2.67. The molecule has 1 aliphatic heterocycles. The quantitative estimate of drug-likeness (QED) is 0.239. The third-order valence-corrected chi connectivity index (χ3v) is 3.58. The Morgan fingerprint density at radius 1 is 1.45 bits per heavy atom. The fraction of sp³-hybridized carbons (Fsp3) is 0.818. The molecule has 1 heterocycles. The van der Waals surface area contributed by atoms with E-state index < -0.39 is 67.0 Å². The molecule has 22 heavy (non-hydrogen) atoms. The average Bonchev–Trinajstić information content (AvgIpc) is 2.47. The van der Waals surface area contributed by atoms with Crippen molar-refractivity contribution in [2.45, 2.75) is 42.7 Å². The summed E-state index contributed by atoms with van der Waals surface area (Å²) in [7, 11) is 0. The highest BCUT2D eigenvalue weighted by Gasteiger charge is 2.53. The lowest BCUT2D eigenvalue weighted by atomic mass is 9.88. The van der Waals surface area contributed by atoms with Crippen LogP contribution in [-0.4, -0.2) is 86.1 Å². The van der Waals surface area contributed by atoms with Gasteiger partial charge in [-0.05, 0) is 0 Å². The van der Waals surface area contributed by atoms with E-state index in [1.807, 2.05) is 0 Å². The summed E-state index contributed by atoms with van der Waals surface area (Å²) in [4.78, 5) is 22.4. The van der Waals surface area contributed by atoms with E-state index in [1.54, 1.807) is 0 Å². The van der Waals surface area contributed by atoms with Crippen molar-refractivity contribution in [3.63, 3.8) is 0 Å². The van der Waals surface area contributed by atoms with Gasteiger partial charge in [-0.1, -0.05) is 0 Å². The second-order valence-electron chi connectivity index (χ2n) is 4.96. The van der Waals surface area contributed by atoms with Crippen LogP contribution in [0.15, 0.2) is 0 Å². The number of aliphatic hydroxyl groups is 4. The Balaban J connectivity index is 3.07. The molecule has 0 aromatic heterocycles. The van der Waals surface area contributed by atoms with Gasteiger partial charge in [0.25, 0.3) is 5.79 Å². The molecule has 0 aromatic carbocycles. The summed E-state index contributed by atoms with van der Waals surface area (Å²) in [6.45, 7) is -0.390. The number of carbonyl (C=O) groups is 2. The molecule has 0 aromatic rings. The molecule has 0 radical (unpaired) electrons. The second-order valence-corrected chi connectivity index (χ2v) is 5.23. The first-order valence-corrected chi connectivity index (χ1v) is 6.93. The van der Waals surface area contributed by atoms with Crippen molar-refractivity contribution < 1.29 is 39.9 Å². The number of carboxylic acids is 1. The second kappa shape index (κ2) is 7.51. The number of hydrogen-bond donors (Lipinski definition) is 7. The van der Waals surface area contributed by atoms with Gasteiger partial charge < -0.3 is 41.3 Å². The Labute approximate surface area is 130 Å². The van der Waals surface area contributed by atoms with Crippen LogP contribution < -0.4 is 11.1 Å². The molecule has 1 saturated heterocycles. The normalized spacial score (nSPS) is 34.7. The van der Waals surface area contributed by atoms with Crippen molar-refractivity contribution in [3.05, 3.63) is 0 Å². The van der Waals surface area contributed by atoms with Crippen molar-refractivity contribution >= 4 is 23.5 Å². The summed E-state index contributed by atoms with van der Waals surface area (Å²) in [5.74, 6) is -5.72. The minimum atomic E-state index is -2.78. The summed E-state index contributed by atoms with van der Waals surface area (Å²) >= 11 is 5.33. The maximum atomic E-state index is 11.4. The molecular formula is C11H19ClN2O8. The highest BCUT2D eigenvalue weighted by atomic mass is 35.5. The summed E-state index contributed by atoms with van der Waals surface area (Å²) < 4.78 is 4.92. The van der Waals surface area contributed by atoms with Crippen molar-refractivity contribution in [1.82, 2.24) is 5.32 Å². The molecule has 0 bridgehead atoms. The SMILES string of the molecule is NC[C@@H](O)[C@@H](O)C1OC(O)(C(=O)O)C[C@@H](O)[C@H]1NC(=O)CCl. The van der Waals surface area contributed by atoms with Crippen molar-refractivity contribution in [1.29, 1.82) is 0 Å². The van der Waals surface area contributed by atoms with E-state index in [9.17, 15) is 30.0 Å². The number of rotatable bonds is 6. The zero-order chi connectivity index (χ0) is 17.1. The van der Waals surface area contributed by atoms with Gasteiger partial charge in [-0.15, -0.1) is 11.6 Å². The van der Waals surface area contributed by atoms with Crippen LogP contribution >= 0.6 is 11.6 Å². The van der Waals surface area contributed by atoms with Gasteiger partial charge in [-0.2, -0.15) is 0 Å². The first kappa shape index (κ1) is 19.0. The average molecular weight is 343 g/mol. The molecule has 1 amide bonds. The molecule has 11 heteroatoms. The molecule has 128 valence electrons. The van der Waals surface area contributed by atoms with Gasteiger partial charge in [0.1, 0.15) is 18.1 Å². The monoisotopic (exact) mass is 342 g/mol. The summed E-state index contributed by atoms with van der Waals surface area (Å²) in [5, 5.41) is 50.6. The van der Waals surface area contributed by atoms with E-state index in [0.29, 0.717) is 0 Å². The van der Waals surface area contributed by atoms with Gasteiger partial charge in [-0.25, -0.2) is 4.79 Å². The zero-order valence-electron chi connectivity index (χ0n) is 11.4. The topological polar surface area (TPSA) is 183 Å². The van der Waals surface area contributed by atoms with Crippen LogP contribution in [0, 0.1) is 0 Å². The van der Waals surface area contributed by atoms with Gasteiger partial charge >= 0.3 is 5.97 Å². The van der Waals surface area contributed by atoms with E-state index in [4.69, 9.17) is 27.2 Å². The van der Waals surface area contributed by atoms with Crippen molar-refractivity contribution in [2.75, 3.05) is 12.4 Å². The van der Waals surface area contributed by atoms with Gasteiger partial charge in [0.15, 0.2) is 0 Å². The standard InChI is InChI=1S/C11H19ClN2O8/c12-2-6(17)14-7-4(15)1-11(21,10(19)20)22-9(7)8(18)5(16)3-13/h4-5,7-9,15-16,18,21H,1-3,13H2,(H,14,17)(H,19,20)/t4-,5-,7-,8-,9?,11?/m1/s1. The van der Waals surface area contributed by atoms with Crippen molar-refractivity contribution in [2.24, 2.45) is 5.73 Å². The number of carbonyl (C=O) groups excluding carboxylic acids is 1. The summed E-state index contributed by atoms with van der Waals surface area (Å²) in [5.41, 5.74) is 5.20. The lowest BCUT2D eigenvalue weighted by Gasteiger charge is -2.44. The van der Waals surface area contributed by atoms with Gasteiger partial charge in [0.05, 0.1) is 18.2 Å². The number of alkyl halides is 1. The van der Waals surface area contributed by atoms with E-state index in [0.717, 1.165) is 0 Å². The Morgan fingerprint density at radius 2 is 2.05 bits per heavy atom. The van der Waals surface area contributed by atoms with E-state index in [-0.39, 0.29) is 0 Å². The summed E-state index contributed by atoms with van der Waals surface area (Å²) in [6, 6.07) is -1.29. The molecule has 1 rings (SSSR count). The number of ether oxygens (including phenoxy) is 1. The maximum Gasteiger partial charge on any atom is 0.364 e. The number of aliphatic hydroxyl groups excluding tert-OH is 3. The third-order valence-electron chi connectivity index (χ3n) is 3.34. The number of amides is 1. The number of hydrogen-bond acceptors (Lipinski definition) is 8. The van der Waals surface area contributed by atoms with Crippen LogP contribution in [-0.2, 0) is 14.3 Å². The molecule has 1 fully saturated rings. The van der Waals surface area contributed by atoms with E-state index >= 15 is 0 Å². The molecule has 0 saturated carbocycles. The van der Waals surface area contributed by atoms with Crippen LogP contribution in [0.2, 0.25) is 0 Å². The minimum Gasteiger partial charge on any atom is -0.477 e. The number of carboxylic acid groups (broad SMARTS) is 1. The van der Waals surface area contributed by atoms with E-state index in [2.05, 4.69) is 5.32 Å². The zero-order valence-corrected chi connectivity index (χ0v) is 12.2. The summed E-state index contributed by atoms with van der Waals surface area (Å²) in [6.07, 6.45) is -7.21. The van der Waals surface area contributed by atoms with E-state index in [1.165, 1.54) is 0 Å². The van der Waals surface area contributed by atoms with Gasteiger partial charge in [-0.3, -0.25) is 4.79 Å². The lowest BCUT2D eigenvalue weighted by molar-refractivity contribution is -0.294. The molecule has 10 nitrogen and oxygen atoms in total. The molecular weight excluding hydrogens is 324 g/mol. The maximum absolute atomic E-state index is 11.4. The fourth-order valence-electron chi connectivity index (χ4n) is 2.16. The highest BCUT2D eigenvalue weighted by molar-refractivity contribution is 6.27. The van der Waals surface area contributed by atoms with Crippen LogP contribution in [0.1, 0.15) is 6.42 Å². The molecule has 8 N–H and O–H groups in total. The molecule has 6 atom stereocenters. The Bertz CT molecular complexity index is 425. The first-order chi connectivity index (χ1) is 10.2. The van der Waals surface area contributed by atoms with Crippen LogP contribution in [0.5, 0.6) is 0 Å². The first-order valence-electron chi connectivity index (χ1n) is 6.39. The highest BCUT2D eigenvalue weighted by Crippen LogP contribution is 2.30. The molecule has 0 spiro atoms. The number of aliphatic carboxylic acids is 1. The number of nitrogens with two attached hydrogens (primary N) is 1. The predicted molar refractivity (Wildman–Crippen MR) is 71.8 cm³/mol. The van der Waals surface area contributed by atoms with Gasteiger partial charge in [0.2, 0.25) is 5.91 Å².